The average Bonchev–Trinajstić information content (AvgIpc) is 3.38. The zero-order chi connectivity index (χ0) is 22.5. The van der Waals surface area contributed by atoms with E-state index in [4.69, 9.17) is 18.6 Å². The lowest BCUT2D eigenvalue weighted by atomic mass is 9.92. The summed E-state index contributed by atoms with van der Waals surface area (Å²) in [6.45, 7) is 0. The molecule has 162 valence electrons. The van der Waals surface area contributed by atoms with Crippen molar-refractivity contribution in [2.75, 3.05) is 21.3 Å². The first-order valence-corrected chi connectivity index (χ1v) is 10.2. The minimum atomic E-state index is -0.136. The molecule has 0 saturated heterocycles. The molecule has 32 heavy (non-hydrogen) atoms. The van der Waals surface area contributed by atoms with Crippen LogP contribution >= 0.6 is 0 Å². The summed E-state index contributed by atoms with van der Waals surface area (Å²) >= 11 is 0. The summed E-state index contributed by atoms with van der Waals surface area (Å²) in [4.78, 5) is 13.7. The topological polar surface area (TPSA) is 57.9 Å². The fourth-order valence-electron chi connectivity index (χ4n) is 3.72. The van der Waals surface area contributed by atoms with Crippen molar-refractivity contribution in [2.24, 2.45) is 0 Å². The van der Waals surface area contributed by atoms with Crippen LogP contribution in [0.25, 0.3) is 11.3 Å². The lowest BCUT2D eigenvalue weighted by Gasteiger charge is -2.15. The predicted octanol–water partition coefficient (Wildman–Crippen LogP) is 5.79. The number of ketones is 1. The summed E-state index contributed by atoms with van der Waals surface area (Å²) in [5.41, 5.74) is 3.92. The van der Waals surface area contributed by atoms with Crippen LogP contribution in [-0.4, -0.2) is 27.1 Å². The van der Waals surface area contributed by atoms with E-state index in [0.29, 0.717) is 40.6 Å². The van der Waals surface area contributed by atoms with Gasteiger partial charge in [-0.3, -0.25) is 4.79 Å². The second kappa shape index (κ2) is 9.43. The van der Waals surface area contributed by atoms with Gasteiger partial charge in [-0.25, -0.2) is 0 Å². The van der Waals surface area contributed by atoms with Crippen LogP contribution in [0.5, 0.6) is 17.2 Å². The molecule has 1 aromatic heterocycles. The van der Waals surface area contributed by atoms with E-state index in [1.165, 1.54) is 21.3 Å². The summed E-state index contributed by atoms with van der Waals surface area (Å²) in [5, 5.41) is 0. The Labute approximate surface area is 187 Å². The van der Waals surface area contributed by atoms with Gasteiger partial charge in [-0.05, 0) is 47.9 Å². The van der Waals surface area contributed by atoms with Crippen molar-refractivity contribution >= 4 is 5.78 Å². The maximum atomic E-state index is 13.7. The van der Waals surface area contributed by atoms with Crippen molar-refractivity contribution < 1.29 is 23.4 Å². The van der Waals surface area contributed by atoms with E-state index in [1.807, 2.05) is 60.7 Å². The highest BCUT2D eigenvalue weighted by molar-refractivity contribution is 6.11. The van der Waals surface area contributed by atoms with Crippen molar-refractivity contribution in [2.45, 2.75) is 6.42 Å². The molecule has 5 nitrogen and oxygen atoms in total. The largest absolute Gasteiger partial charge is 0.493 e. The SMILES string of the molecule is COc1cc(C(=O)c2cc(-c3ccco3)ccc2Cc2ccccc2)cc(OC)c1OC. The van der Waals surface area contributed by atoms with E-state index in [1.54, 1.807) is 18.4 Å². The summed E-state index contributed by atoms with van der Waals surface area (Å²) in [7, 11) is 4.60. The molecule has 0 saturated carbocycles. The number of hydrogen-bond donors (Lipinski definition) is 0. The first-order chi connectivity index (χ1) is 15.6. The average molecular weight is 428 g/mol. The van der Waals surface area contributed by atoms with Crippen molar-refractivity contribution in [3.63, 3.8) is 0 Å². The van der Waals surface area contributed by atoms with Crippen LogP contribution < -0.4 is 14.2 Å². The highest BCUT2D eigenvalue weighted by Crippen LogP contribution is 2.39. The molecule has 0 aliphatic heterocycles. The summed E-state index contributed by atoms with van der Waals surface area (Å²) in [5.74, 6) is 1.88. The molecule has 0 N–H and O–H groups in total. The van der Waals surface area contributed by atoms with Gasteiger partial charge in [0.2, 0.25) is 5.75 Å². The first-order valence-electron chi connectivity index (χ1n) is 10.2. The van der Waals surface area contributed by atoms with Gasteiger partial charge in [0, 0.05) is 16.7 Å². The molecule has 3 aromatic carbocycles. The quantitative estimate of drug-likeness (QED) is 0.332. The van der Waals surface area contributed by atoms with Crippen LogP contribution in [0.4, 0.5) is 0 Å². The van der Waals surface area contributed by atoms with E-state index in [-0.39, 0.29) is 5.78 Å². The molecular formula is C27H24O5. The summed E-state index contributed by atoms with van der Waals surface area (Å²) < 4.78 is 21.8. The monoisotopic (exact) mass is 428 g/mol. The molecular weight excluding hydrogens is 404 g/mol. The van der Waals surface area contributed by atoms with Crippen LogP contribution in [0.2, 0.25) is 0 Å². The number of ether oxygens (including phenoxy) is 3. The van der Waals surface area contributed by atoms with Gasteiger partial charge in [0.1, 0.15) is 5.76 Å². The maximum absolute atomic E-state index is 13.7. The Bertz CT molecular complexity index is 1190. The number of benzene rings is 3. The predicted molar refractivity (Wildman–Crippen MR) is 123 cm³/mol. The molecule has 0 aliphatic carbocycles. The van der Waals surface area contributed by atoms with Gasteiger partial charge in [-0.15, -0.1) is 0 Å². The Morgan fingerprint density at radius 2 is 1.53 bits per heavy atom. The number of carbonyl (C=O) groups excluding carboxylic acids is 1. The fourth-order valence-corrected chi connectivity index (χ4v) is 3.72. The zero-order valence-corrected chi connectivity index (χ0v) is 18.3. The van der Waals surface area contributed by atoms with Gasteiger partial charge in [-0.1, -0.05) is 42.5 Å². The van der Waals surface area contributed by atoms with Crippen LogP contribution in [-0.2, 0) is 6.42 Å². The highest BCUT2D eigenvalue weighted by atomic mass is 16.5. The van der Waals surface area contributed by atoms with Gasteiger partial charge in [0.15, 0.2) is 17.3 Å². The lowest BCUT2D eigenvalue weighted by molar-refractivity contribution is 0.103. The van der Waals surface area contributed by atoms with Gasteiger partial charge in [0.25, 0.3) is 0 Å². The minimum absolute atomic E-state index is 0.136. The Morgan fingerprint density at radius 3 is 2.12 bits per heavy atom. The molecule has 0 aliphatic rings. The van der Waals surface area contributed by atoms with Crippen LogP contribution in [0.3, 0.4) is 0 Å². The van der Waals surface area contributed by atoms with Gasteiger partial charge in [0.05, 0.1) is 27.6 Å². The Morgan fingerprint density at radius 1 is 0.812 bits per heavy atom. The molecule has 0 atom stereocenters. The van der Waals surface area contributed by atoms with Crippen molar-refractivity contribution in [3.8, 4) is 28.6 Å². The van der Waals surface area contributed by atoms with Gasteiger partial charge in [-0.2, -0.15) is 0 Å². The molecule has 1 heterocycles. The third-order valence-corrected chi connectivity index (χ3v) is 5.32. The van der Waals surface area contributed by atoms with Gasteiger partial charge < -0.3 is 18.6 Å². The number of methoxy groups -OCH3 is 3. The molecule has 0 radical (unpaired) electrons. The number of hydrogen-bond acceptors (Lipinski definition) is 5. The standard InChI is InChI=1S/C27H24O5/c1-29-24-16-21(17-25(30-2)27(24)31-3)26(28)22-15-20(23-10-7-13-32-23)12-11-19(22)14-18-8-5-4-6-9-18/h4-13,15-17H,14H2,1-3H3. The van der Waals surface area contributed by atoms with E-state index in [9.17, 15) is 4.79 Å². The molecule has 0 amide bonds. The van der Waals surface area contributed by atoms with E-state index < -0.39 is 0 Å². The molecule has 0 unspecified atom stereocenters. The Hall–Kier alpha value is -3.99. The Balaban J connectivity index is 1.83. The third kappa shape index (κ3) is 4.23. The van der Waals surface area contributed by atoms with Gasteiger partial charge >= 0.3 is 0 Å². The Kier molecular flexibility index (Phi) is 6.26. The van der Waals surface area contributed by atoms with E-state index >= 15 is 0 Å². The molecule has 0 spiro atoms. The van der Waals surface area contributed by atoms with Crippen molar-refractivity contribution in [3.05, 3.63) is 101 Å². The first kappa shape index (κ1) is 21.2. The number of carbonyl (C=O) groups is 1. The highest BCUT2D eigenvalue weighted by Gasteiger charge is 2.21. The minimum Gasteiger partial charge on any atom is -0.493 e. The summed E-state index contributed by atoms with van der Waals surface area (Å²) in [6, 6.07) is 23.0. The van der Waals surface area contributed by atoms with Crippen molar-refractivity contribution in [1.29, 1.82) is 0 Å². The maximum Gasteiger partial charge on any atom is 0.203 e. The third-order valence-electron chi connectivity index (χ3n) is 5.32. The second-order valence-electron chi connectivity index (χ2n) is 7.25. The number of furan rings is 1. The summed E-state index contributed by atoms with van der Waals surface area (Å²) in [6.07, 6.45) is 2.25. The molecule has 5 heteroatoms. The number of rotatable bonds is 8. The molecule has 4 rings (SSSR count). The van der Waals surface area contributed by atoms with Crippen LogP contribution in [0, 0.1) is 0 Å². The smallest absolute Gasteiger partial charge is 0.203 e. The van der Waals surface area contributed by atoms with Crippen LogP contribution in [0.1, 0.15) is 27.0 Å². The van der Waals surface area contributed by atoms with E-state index in [0.717, 1.165) is 16.7 Å². The molecule has 0 bridgehead atoms. The lowest BCUT2D eigenvalue weighted by Crippen LogP contribution is -2.08. The normalized spacial score (nSPS) is 10.6. The molecule has 4 aromatic rings. The molecule has 0 fully saturated rings. The fraction of sp³-hybridized carbons (Fsp3) is 0.148. The van der Waals surface area contributed by atoms with E-state index in [2.05, 4.69) is 0 Å². The second-order valence-corrected chi connectivity index (χ2v) is 7.25. The zero-order valence-electron chi connectivity index (χ0n) is 18.3. The van der Waals surface area contributed by atoms with Crippen molar-refractivity contribution in [1.82, 2.24) is 0 Å². The van der Waals surface area contributed by atoms with Crippen LogP contribution in [0.15, 0.2) is 83.5 Å².